The van der Waals surface area contributed by atoms with Crippen molar-refractivity contribution in [2.75, 3.05) is 33.9 Å². The number of likely N-dealkylation sites (N-methyl/N-ethyl adjacent to an activating group) is 1. The van der Waals surface area contributed by atoms with Gasteiger partial charge in [0.05, 0.1) is 27.3 Å². The van der Waals surface area contributed by atoms with Crippen molar-refractivity contribution in [1.82, 2.24) is 0 Å². The summed E-state index contributed by atoms with van der Waals surface area (Å²) in [6, 6.07) is 17.1. The maximum atomic E-state index is 12.4. The first kappa shape index (κ1) is 18.8. The Morgan fingerprint density at radius 3 is 2.32 bits per heavy atom. The predicted molar refractivity (Wildman–Crippen MR) is 98.1 cm³/mol. The Kier molecular flexibility index (Phi) is 6.84. The van der Waals surface area contributed by atoms with Gasteiger partial charge in [-0.25, -0.2) is 4.79 Å². The van der Waals surface area contributed by atoms with Gasteiger partial charge in [0, 0.05) is 22.8 Å². The number of nitrogens with zero attached hydrogens (tertiary/aromatic N) is 1. The fourth-order valence-corrected chi connectivity index (χ4v) is 2.58. The average Bonchev–Trinajstić information content (AvgIpc) is 2.62. The molecule has 0 fully saturated rings. The quantitative estimate of drug-likeness (QED) is 0.306. The van der Waals surface area contributed by atoms with Crippen LogP contribution in [0, 0.1) is 0 Å². The highest BCUT2D eigenvalue weighted by molar-refractivity contribution is 6.08. The Balaban J connectivity index is 1.93. The lowest BCUT2D eigenvalue weighted by Crippen LogP contribution is -2.41. The predicted octanol–water partition coefficient (Wildman–Crippen LogP) is 2.90. The van der Waals surface area contributed by atoms with Crippen LogP contribution >= 0.6 is 0 Å². The molecule has 0 radical (unpaired) electrons. The minimum atomic E-state index is 0.0394. The van der Waals surface area contributed by atoms with Crippen LogP contribution in [0.25, 0.3) is 0 Å². The molecule has 25 heavy (non-hydrogen) atoms. The molecule has 2 aromatic carbocycles. The van der Waals surface area contributed by atoms with Gasteiger partial charge in [-0.05, 0) is 0 Å². The summed E-state index contributed by atoms with van der Waals surface area (Å²) in [4.78, 5) is 22.5. The van der Waals surface area contributed by atoms with E-state index in [1.807, 2.05) is 54.6 Å². The summed E-state index contributed by atoms with van der Waals surface area (Å²) < 4.78 is 6.13. The molecular formula is C21H24NO3+. The lowest BCUT2D eigenvalue weighted by Gasteiger charge is -2.29. The molecule has 0 amide bonds. The molecular weight excluding hydrogens is 314 g/mol. The molecule has 0 spiro atoms. The lowest BCUT2D eigenvalue weighted by atomic mass is 10.0. The minimum Gasteiger partial charge on any atom is -0.371 e. The Morgan fingerprint density at radius 1 is 1.04 bits per heavy atom. The zero-order valence-electron chi connectivity index (χ0n) is 14.8. The van der Waals surface area contributed by atoms with Gasteiger partial charge in [0.25, 0.3) is 0 Å². The van der Waals surface area contributed by atoms with Gasteiger partial charge in [-0.2, -0.15) is 0 Å². The van der Waals surface area contributed by atoms with Crippen LogP contribution in [0.4, 0.5) is 0 Å². The summed E-state index contributed by atoms with van der Waals surface area (Å²) in [5.41, 5.74) is 2.57. The van der Waals surface area contributed by atoms with E-state index in [0.29, 0.717) is 24.3 Å². The molecule has 130 valence electrons. The van der Waals surface area contributed by atoms with Crippen LogP contribution in [0.3, 0.4) is 0 Å². The summed E-state index contributed by atoms with van der Waals surface area (Å²) in [5, 5.41) is 0. The van der Waals surface area contributed by atoms with Crippen molar-refractivity contribution in [3.05, 3.63) is 77.4 Å². The van der Waals surface area contributed by atoms with E-state index in [9.17, 15) is 9.59 Å². The van der Waals surface area contributed by atoms with Crippen LogP contribution in [-0.2, 0) is 16.1 Å². The molecule has 0 aliphatic carbocycles. The van der Waals surface area contributed by atoms with Crippen LogP contribution in [-0.4, -0.2) is 50.1 Å². The van der Waals surface area contributed by atoms with E-state index in [1.54, 1.807) is 5.94 Å². The topological polar surface area (TPSA) is 43.4 Å². The van der Waals surface area contributed by atoms with Crippen molar-refractivity contribution in [3.8, 4) is 0 Å². The number of ether oxygens (including phenoxy) is 1. The van der Waals surface area contributed by atoms with Gasteiger partial charge in [-0.3, -0.25) is 4.79 Å². The number of ketones is 1. The Labute approximate surface area is 148 Å². The summed E-state index contributed by atoms with van der Waals surface area (Å²) >= 11 is 0. The molecule has 4 heteroatoms. The van der Waals surface area contributed by atoms with Crippen molar-refractivity contribution < 1.29 is 18.8 Å². The van der Waals surface area contributed by atoms with E-state index < -0.39 is 0 Å². The van der Waals surface area contributed by atoms with Gasteiger partial charge in [-0.1, -0.05) is 54.6 Å². The highest BCUT2D eigenvalue weighted by atomic mass is 16.5. The van der Waals surface area contributed by atoms with Gasteiger partial charge < -0.3 is 9.22 Å². The maximum Gasteiger partial charge on any atom is 0.193 e. The maximum absolute atomic E-state index is 12.4. The first-order valence-electron chi connectivity index (χ1n) is 8.30. The van der Waals surface area contributed by atoms with Crippen LogP contribution in [0.15, 0.2) is 60.7 Å². The molecule has 0 heterocycles. The molecule has 0 N–H and O–H groups in total. The van der Waals surface area contributed by atoms with Crippen LogP contribution in [0.5, 0.6) is 0 Å². The number of hydrogen-bond donors (Lipinski definition) is 0. The van der Waals surface area contributed by atoms with E-state index in [0.717, 1.165) is 17.6 Å². The third-order valence-corrected chi connectivity index (χ3v) is 3.99. The van der Waals surface area contributed by atoms with Crippen LogP contribution < -0.4 is 0 Å². The third kappa shape index (κ3) is 6.12. The molecule has 2 rings (SSSR count). The number of benzene rings is 2. The molecule has 0 bridgehead atoms. The fraction of sp³-hybridized carbons (Fsp3) is 0.286. The number of rotatable bonds is 9. The van der Waals surface area contributed by atoms with E-state index in [-0.39, 0.29) is 5.78 Å². The SMILES string of the molecule is C[N+](C)(CCOCC=C=O)Cc1ccc(C(=O)c2ccccc2)cc1. The second-order valence-corrected chi connectivity index (χ2v) is 6.61. The summed E-state index contributed by atoms with van der Waals surface area (Å²) in [6.07, 6.45) is 1.34. The van der Waals surface area contributed by atoms with Crippen molar-refractivity contribution >= 4 is 11.7 Å². The molecule has 4 nitrogen and oxygen atoms in total. The summed E-state index contributed by atoms with van der Waals surface area (Å²) in [5.74, 6) is 1.74. The first-order chi connectivity index (χ1) is 12.0. The van der Waals surface area contributed by atoms with Gasteiger partial charge in [0.15, 0.2) is 5.78 Å². The Morgan fingerprint density at radius 2 is 1.68 bits per heavy atom. The van der Waals surface area contributed by atoms with Gasteiger partial charge in [0.1, 0.15) is 19.0 Å². The van der Waals surface area contributed by atoms with Crippen LogP contribution in [0.2, 0.25) is 0 Å². The highest BCUT2D eigenvalue weighted by Gasteiger charge is 2.16. The van der Waals surface area contributed by atoms with Crippen LogP contribution in [0.1, 0.15) is 21.5 Å². The van der Waals surface area contributed by atoms with Gasteiger partial charge in [0.2, 0.25) is 0 Å². The molecule has 0 aliphatic rings. The van der Waals surface area contributed by atoms with E-state index in [2.05, 4.69) is 14.1 Å². The molecule has 0 unspecified atom stereocenters. The molecule has 0 atom stereocenters. The molecule has 0 saturated heterocycles. The largest absolute Gasteiger partial charge is 0.371 e. The number of quaternary nitrogens is 1. The van der Waals surface area contributed by atoms with Gasteiger partial charge in [-0.15, -0.1) is 0 Å². The van der Waals surface area contributed by atoms with E-state index >= 15 is 0 Å². The lowest BCUT2D eigenvalue weighted by molar-refractivity contribution is -0.904. The minimum absolute atomic E-state index is 0.0394. The molecule has 0 aromatic heterocycles. The monoisotopic (exact) mass is 338 g/mol. The average molecular weight is 338 g/mol. The second kappa shape index (κ2) is 9.09. The third-order valence-electron chi connectivity index (χ3n) is 3.99. The highest BCUT2D eigenvalue weighted by Crippen LogP contribution is 2.14. The van der Waals surface area contributed by atoms with E-state index in [1.165, 1.54) is 11.6 Å². The summed E-state index contributed by atoms with van der Waals surface area (Å²) in [7, 11) is 4.25. The molecule has 0 aliphatic heterocycles. The van der Waals surface area contributed by atoms with Crippen molar-refractivity contribution in [2.45, 2.75) is 6.54 Å². The Hall–Kier alpha value is -2.52. The molecule has 2 aromatic rings. The van der Waals surface area contributed by atoms with Crippen molar-refractivity contribution in [1.29, 1.82) is 0 Å². The normalized spacial score (nSPS) is 11.0. The fourth-order valence-electron chi connectivity index (χ4n) is 2.58. The first-order valence-corrected chi connectivity index (χ1v) is 8.30. The molecule has 0 saturated carbocycles. The van der Waals surface area contributed by atoms with E-state index in [4.69, 9.17) is 4.74 Å². The van der Waals surface area contributed by atoms with Gasteiger partial charge >= 0.3 is 0 Å². The smallest absolute Gasteiger partial charge is 0.193 e. The summed E-state index contributed by atoms with van der Waals surface area (Å²) in [6.45, 7) is 2.56. The Bertz CT molecular complexity index is 729. The standard InChI is InChI=1S/C21H24NO3/c1-22(2,13-16-25-15-6-14-23)17-18-9-11-20(12-10-18)21(24)19-7-4-3-5-8-19/h3-12H,13,15-17H2,1-2H3/q+1. The second-order valence-electron chi connectivity index (χ2n) is 6.61. The van der Waals surface area contributed by atoms with Crippen molar-refractivity contribution in [3.63, 3.8) is 0 Å². The zero-order valence-corrected chi connectivity index (χ0v) is 14.8. The zero-order chi connectivity index (χ0) is 18.1. The number of carbonyl (C=O) groups is 1. The number of hydrogen-bond acceptors (Lipinski definition) is 3. The number of carbonyl (C=O) groups excluding carboxylic acids is 2. The van der Waals surface area contributed by atoms with Crippen molar-refractivity contribution in [2.24, 2.45) is 0 Å².